The number of nitrogens with one attached hydrogen (secondary N) is 2. The third-order valence-corrected chi connectivity index (χ3v) is 2.62. The molecule has 1 fully saturated rings. The summed E-state index contributed by atoms with van der Waals surface area (Å²) in [6.07, 6.45) is 0.213. The maximum Gasteiger partial charge on any atom is 0.409 e. The number of hydrogen-bond acceptors (Lipinski definition) is 4. The summed E-state index contributed by atoms with van der Waals surface area (Å²) in [5.41, 5.74) is 7.56. The Balaban J connectivity index is 1.95. The first kappa shape index (κ1) is 11.5. The van der Waals surface area contributed by atoms with Gasteiger partial charge in [0.05, 0.1) is 17.5 Å². The smallest absolute Gasteiger partial charge is 0.409 e. The maximum atomic E-state index is 10.4. The summed E-state index contributed by atoms with van der Waals surface area (Å²) in [6, 6.07) is 4.99. The molecule has 1 atom stereocenters. The molecule has 0 unspecified atom stereocenters. The lowest BCUT2D eigenvalue weighted by atomic mass is 10.2. The van der Waals surface area contributed by atoms with E-state index in [1.54, 1.807) is 18.2 Å². The van der Waals surface area contributed by atoms with Crippen LogP contribution in [0.4, 0.5) is 21.9 Å². The molecule has 5 N–H and O–H groups in total. The summed E-state index contributed by atoms with van der Waals surface area (Å²) in [6.45, 7) is 1.54. The summed E-state index contributed by atoms with van der Waals surface area (Å²) < 4.78 is 5.28. The van der Waals surface area contributed by atoms with Crippen LogP contribution >= 0.6 is 0 Å². The van der Waals surface area contributed by atoms with E-state index >= 15 is 0 Å². The molecular formula is C11H15N3O3. The molecule has 6 heteroatoms. The van der Waals surface area contributed by atoms with Crippen molar-refractivity contribution in [3.63, 3.8) is 0 Å². The van der Waals surface area contributed by atoms with Gasteiger partial charge in [-0.15, -0.1) is 0 Å². The average Bonchev–Trinajstić information content (AvgIpc) is 2.17. The van der Waals surface area contributed by atoms with E-state index in [0.717, 1.165) is 25.3 Å². The first-order chi connectivity index (χ1) is 8.15. The minimum atomic E-state index is -1.10. The molecule has 2 rings (SSSR count). The Hall–Kier alpha value is -1.95. The van der Waals surface area contributed by atoms with Gasteiger partial charge in [0.2, 0.25) is 0 Å². The normalized spacial score (nSPS) is 18.2. The fourth-order valence-corrected chi connectivity index (χ4v) is 1.59. The highest BCUT2D eigenvalue weighted by Gasteiger charge is 2.17. The second kappa shape index (κ2) is 4.92. The Kier molecular flexibility index (Phi) is 3.34. The zero-order chi connectivity index (χ0) is 12.3. The lowest BCUT2D eigenvalue weighted by Gasteiger charge is -2.27. The van der Waals surface area contributed by atoms with Crippen molar-refractivity contribution < 1.29 is 14.6 Å². The minimum absolute atomic E-state index is 0.256. The van der Waals surface area contributed by atoms with Crippen molar-refractivity contribution in [3.8, 4) is 0 Å². The van der Waals surface area contributed by atoms with Gasteiger partial charge >= 0.3 is 6.09 Å². The number of carbonyl (C=O) groups is 1. The number of carboxylic acid groups (broad SMARTS) is 1. The van der Waals surface area contributed by atoms with Crippen LogP contribution in [0.15, 0.2) is 18.2 Å². The van der Waals surface area contributed by atoms with Gasteiger partial charge in [0.1, 0.15) is 0 Å². The lowest BCUT2D eigenvalue weighted by Crippen LogP contribution is -2.33. The van der Waals surface area contributed by atoms with Crippen molar-refractivity contribution in [2.24, 2.45) is 0 Å². The third kappa shape index (κ3) is 3.01. The minimum Gasteiger partial charge on any atom is -0.465 e. The van der Waals surface area contributed by atoms with Crippen molar-refractivity contribution in [1.29, 1.82) is 0 Å². The Morgan fingerprint density at radius 3 is 2.88 bits per heavy atom. The number of nitrogens with two attached hydrogens (primary N) is 1. The Labute approximate surface area is 98.8 Å². The Bertz CT molecular complexity index is 418. The van der Waals surface area contributed by atoms with Gasteiger partial charge in [-0.3, -0.25) is 5.32 Å². The molecule has 1 aromatic rings. The van der Waals surface area contributed by atoms with Crippen LogP contribution in [0.25, 0.3) is 0 Å². The van der Waals surface area contributed by atoms with Crippen LogP contribution < -0.4 is 16.4 Å². The molecule has 92 valence electrons. The van der Waals surface area contributed by atoms with Crippen molar-refractivity contribution in [2.75, 3.05) is 29.5 Å². The van der Waals surface area contributed by atoms with E-state index in [9.17, 15) is 4.79 Å². The van der Waals surface area contributed by atoms with E-state index < -0.39 is 6.09 Å². The van der Waals surface area contributed by atoms with Crippen molar-refractivity contribution in [3.05, 3.63) is 18.2 Å². The quantitative estimate of drug-likeness (QED) is 0.596. The van der Waals surface area contributed by atoms with Gasteiger partial charge in [0.15, 0.2) is 0 Å². The van der Waals surface area contributed by atoms with Crippen LogP contribution in [0.3, 0.4) is 0 Å². The number of anilines is 3. The van der Waals surface area contributed by atoms with E-state index in [1.165, 1.54) is 0 Å². The predicted molar refractivity (Wildman–Crippen MR) is 65.3 cm³/mol. The molecule has 6 nitrogen and oxygen atoms in total. The molecule has 0 aromatic heterocycles. The highest BCUT2D eigenvalue weighted by atomic mass is 16.5. The third-order valence-electron chi connectivity index (χ3n) is 2.62. The predicted octanol–water partition coefficient (Wildman–Crippen LogP) is 1.56. The first-order valence-corrected chi connectivity index (χ1v) is 5.40. The van der Waals surface area contributed by atoms with Gasteiger partial charge < -0.3 is 20.9 Å². The molecule has 0 bridgehead atoms. The second-order valence-corrected chi connectivity index (χ2v) is 3.89. The zero-order valence-corrected chi connectivity index (χ0v) is 9.27. The molecular weight excluding hydrogens is 222 g/mol. The van der Waals surface area contributed by atoms with Crippen molar-refractivity contribution in [2.45, 2.75) is 12.5 Å². The van der Waals surface area contributed by atoms with Crippen LogP contribution in [0, 0.1) is 0 Å². The largest absolute Gasteiger partial charge is 0.465 e. The molecule has 0 radical (unpaired) electrons. The number of hydrogen-bond donors (Lipinski definition) is 4. The molecule has 1 aliphatic heterocycles. The van der Waals surface area contributed by atoms with E-state index in [2.05, 4.69) is 10.6 Å². The van der Waals surface area contributed by atoms with E-state index in [4.69, 9.17) is 15.6 Å². The van der Waals surface area contributed by atoms with Gasteiger partial charge in [-0.05, 0) is 24.6 Å². The Morgan fingerprint density at radius 1 is 1.59 bits per heavy atom. The van der Waals surface area contributed by atoms with E-state index in [0.29, 0.717) is 11.4 Å². The van der Waals surface area contributed by atoms with Crippen molar-refractivity contribution in [1.82, 2.24) is 0 Å². The number of rotatable bonds is 4. The standard InChI is InChI=1S/C11H15N3O3/c12-9-5-7(14-11(15)16)1-2-10(9)13-6-8-3-4-17-8/h1-2,5,8,13-14H,3-4,6,12H2,(H,15,16)/t8-/m0/s1. The van der Waals surface area contributed by atoms with Gasteiger partial charge in [0.25, 0.3) is 0 Å². The monoisotopic (exact) mass is 237 g/mol. The summed E-state index contributed by atoms with van der Waals surface area (Å²) >= 11 is 0. The van der Waals surface area contributed by atoms with Gasteiger partial charge in [-0.1, -0.05) is 0 Å². The number of nitrogen functional groups attached to an aromatic ring is 1. The summed E-state index contributed by atoms with van der Waals surface area (Å²) in [7, 11) is 0. The van der Waals surface area contributed by atoms with Crippen LogP contribution in [0.2, 0.25) is 0 Å². The van der Waals surface area contributed by atoms with Gasteiger partial charge in [0, 0.05) is 18.8 Å². The molecule has 1 heterocycles. The Morgan fingerprint density at radius 2 is 2.35 bits per heavy atom. The van der Waals surface area contributed by atoms with Gasteiger partial charge in [-0.25, -0.2) is 4.79 Å². The molecule has 1 amide bonds. The molecule has 1 aromatic carbocycles. The molecule has 1 aliphatic rings. The van der Waals surface area contributed by atoms with Crippen LogP contribution in [0.1, 0.15) is 6.42 Å². The molecule has 0 saturated carbocycles. The zero-order valence-electron chi connectivity index (χ0n) is 9.27. The highest BCUT2D eigenvalue weighted by molar-refractivity contribution is 5.85. The maximum absolute atomic E-state index is 10.4. The fraction of sp³-hybridized carbons (Fsp3) is 0.364. The second-order valence-electron chi connectivity index (χ2n) is 3.89. The van der Waals surface area contributed by atoms with Gasteiger partial charge in [-0.2, -0.15) is 0 Å². The van der Waals surface area contributed by atoms with Crippen LogP contribution in [-0.4, -0.2) is 30.5 Å². The highest BCUT2D eigenvalue weighted by Crippen LogP contribution is 2.23. The summed E-state index contributed by atoms with van der Waals surface area (Å²) in [4.78, 5) is 10.4. The topological polar surface area (TPSA) is 96.6 Å². The number of benzene rings is 1. The van der Waals surface area contributed by atoms with Crippen molar-refractivity contribution >= 4 is 23.2 Å². The molecule has 0 aliphatic carbocycles. The molecule has 17 heavy (non-hydrogen) atoms. The average molecular weight is 237 g/mol. The van der Waals surface area contributed by atoms with E-state index in [-0.39, 0.29) is 6.10 Å². The van der Waals surface area contributed by atoms with Crippen LogP contribution in [0.5, 0.6) is 0 Å². The summed E-state index contributed by atoms with van der Waals surface area (Å²) in [5.74, 6) is 0. The SMILES string of the molecule is Nc1cc(NC(=O)O)ccc1NC[C@@H]1CCO1. The lowest BCUT2D eigenvalue weighted by molar-refractivity contribution is -0.0410. The number of amides is 1. The first-order valence-electron chi connectivity index (χ1n) is 5.40. The number of ether oxygens (including phenoxy) is 1. The van der Waals surface area contributed by atoms with Crippen LogP contribution in [-0.2, 0) is 4.74 Å². The summed E-state index contributed by atoms with van der Waals surface area (Å²) in [5, 5.41) is 14.0. The molecule has 0 spiro atoms. The van der Waals surface area contributed by atoms with E-state index in [1.807, 2.05) is 0 Å². The molecule has 1 saturated heterocycles. The fourth-order valence-electron chi connectivity index (χ4n) is 1.59.